The summed E-state index contributed by atoms with van der Waals surface area (Å²) >= 11 is 1.39. The van der Waals surface area contributed by atoms with Gasteiger partial charge in [-0.15, -0.1) is 11.3 Å². The average Bonchev–Trinajstić information content (AvgIpc) is 2.91. The van der Waals surface area contributed by atoms with Crippen LogP contribution in [0.2, 0.25) is 0 Å². The normalized spacial score (nSPS) is 13.1. The van der Waals surface area contributed by atoms with Gasteiger partial charge in [0, 0.05) is 23.9 Å². The summed E-state index contributed by atoms with van der Waals surface area (Å²) in [5.74, 6) is -0.190. The molecule has 0 bridgehead atoms. The zero-order valence-electron chi connectivity index (χ0n) is 13.5. The van der Waals surface area contributed by atoms with Gasteiger partial charge in [0.1, 0.15) is 11.1 Å². The molecule has 6 heteroatoms. The van der Waals surface area contributed by atoms with E-state index < -0.39 is 0 Å². The Morgan fingerprint density at radius 1 is 1.33 bits per heavy atom. The van der Waals surface area contributed by atoms with E-state index in [0.717, 1.165) is 16.0 Å². The lowest BCUT2D eigenvalue weighted by molar-refractivity contribution is -0.129. The molecule has 1 aromatic carbocycles. The number of anilines is 1. The Morgan fingerprint density at radius 2 is 2.08 bits per heavy atom. The molecule has 1 N–H and O–H groups in total. The van der Waals surface area contributed by atoms with E-state index >= 15 is 0 Å². The zero-order valence-corrected chi connectivity index (χ0v) is 14.4. The standard InChI is InChI=1S/C18H17N3O2S/c1-11-5-3-4-6-13(11)17(23)20-18-15(9-19)14-7-8-21(12(2)22)10-16(14)24-18/h3-6H,7-8,10H2,1-2H3,(H,20,23). The third-order valence-corrected chi connectivity index (χ3v) is 5.36. The third-order valence-electron chi connectivity index (χ3n) is 4.23. The van der Waals surface area contributed by atoms with E-state index in [9.17, 15) is 14.9 Å². The fourth-order valence-corrected chi connectivity index (χ4v) is 4.09. The number of hydrogen-bond acceptors (Lipinski definition) is 4. The smallest absolute Gasteiger partial charge is 0.256 e. The van der Waals surface area contributed by atoms with E-state index in [-0.39, 0.29) is 11.8 Å². The Morgan fingerprint density at radius 3 is 2.75 bits per heavy atom. The van der Waals surface area contributed by atoms with Gasteiger partial charge in [-0.25, -0.2) is 0 Å². The molecule has 1 aromatic heterocycles. The summed E-state index contributed by atoms with van der Waals surface area (Å²) in [6.45, 7) is 4.54. The van der Waals surface area contributed by atoms with Crippen molar-refractivity contribution in [3.8, 4) is 6.07 Å². The van der Waals surface area contributed by atoms with E-state index in [1.54, 1.807) is 17.9 Å². The van der Waals surface area contributed by atoms with Gasteiger partial charge in [0.05, 0.1) is 12.1 Å². The van der Waals surface area contributed by atoms with Crippen LogP contribution < -0.4 is 5.32 Å². The fourth-order valence-electron chi connectivity index (χ4n) is 2.88. The Balaban J connectivity index is 1.90. The van der Waals surface area contributed by atoms with Gasteiger partial charge in [-0.1, -0.05) is 18.2 Å². The Bertz CT molecular complexity index is 864. The molecule has 2 amide bonds. The van der Waals surface area contributed by atoms with E-state index in [2.05, 4.69) is 11.4 Å². The number of carbonyl (C=O) groups excluding carboxylic acids is 2. The first kappa shape index (κ1) is 16.2. The summed E-state index contributed by atoms with van der Waals surface area (Å²) in [4.78, 5) is 26.8. The van der Waals surface area contributed by atoms with Crippen molar-refractivity contribution in [3.05, 3.63) is 51.4 Å². The maximum Gasteiger partial charge on any atom is 0.256 e. The van der Waals surface area contributed by atoms with Crippen molar-refractivity contribution in [2.24, 2.45) is 0 Å². The van der Waals surface area contributed by atoms with Crippen LogP contribution in [0.1, 0.15) is 38.8 Å². The summed E-state index contributed by atoms with van der Waals surface area (Å²) in [5.41, 5.74) is 2.97. The number of nitriles is 1. The van der Waals surface area contributed by atoms with Crippen molar-refractivity contribution in [2.75, 3.05) is 11.9 Å². The van der Waals surface area contributed by atoms with E-state index in [4.69, 9.17) is 0 Å². The third kappa shape index (κ3) is 2.91. The number of thiophene rings is 1. The van der Waals surface area contributed by atoms with Crippen molar-refractivity contribution in [1.82, 2.24) is 4.90 Å². The first-order valence-electron chi connectivity index (χ1n) is 7.68. The second kappa shape index (κ2) is 6.46. The molecule has 5 nitrogen and oxygen atoms in total. The molecule has 1 aliphatic rings. The van der Waals surface area contributed by atoms with Crippen LogP contribution in [-0.4, -0.2) is 23.3 Å². The topological polar surface area (TPSA) is 73.2 Å². The molecule has 0 unspecified atom stereocenters. The lowest BCUT2D eigenvalue weighted by Gasteiger charge is -2.25. The number of rotatable bonds is 2. The lowest BCUT2D eigenvalue weighted by atomic mass is 10.0. The van der Waals surface area contributed by atoms with E-state index in [0.29, 0.717) is 35.6 Å². The molecule has 0 aliphatic carbocycles. The molecule has 0 atom stereocenters. The van der Waals surface area contributed by atoms with Crippen LogP contribution in [0.25, 0.3) is 0 Å². The number of carbonyl (C=O) groups is 2. The van der Waals surface area contributed by atoms with Gasteiger partial charge in [0.15, 0.2) is 0 Å². The maximum atomic E-state index is 12.5. The molecular formula is C18H17N3O2S. The van der Waals surface area contributed by atoms with Gasteiger partial charge in [-0.3, -0.25) is 9.59 Å². The van der Waals surface area contributed by atoms with Gasteiger partial charge in [-0.05, 0) is 30.5 Å². The highest BCUT2D eigenvalue weighted by Crippen LogP contribution is 2.37. The molecule has 0 saturated heterocycles. The summed E-state index contributed by atoms with van der Waals surface area (Å²) in [5, 5.41) is 12.9. The summed E-state index contributed by atoms with van der Waals surface area (Å²) in [7, 11) is 0. The molecule has 0 fully saturated rings. The van der Waals surface area contributed by atoms with Crippen LogP contribution in [-0.2, 0) is 17.8 Å². The van der Waals surface area contributed by atoms with Gasteiger partial charge in [0.25, 0.3) is 5.91 Å². The number of amides is 2. The maximum absolute atomic E-state index is 12.5. The molecule has 0 radical (unpaired) electrons. The number of fused-ring (bicyclic) bond motifs is 1. The van der Waals surface area contributed by atoms with Gasteiger partial charge < -0.3 is 10.2 Å². The molecule has 1 aliphatic heterocycles. The Labute approximate surface area is 144 Å². The zero-order chi connectivity index (χ0) is 17.3. The minimum Gasteiger partial charge on any atom is -0.337 e. The van der Waals surface area contributed by atoms with E-state index in [1.165, 1.54) is 11.3 Å². The highest BCUT2D eigenvalue weighted by molar-refractivity contribution is 7.16. The molecule has 24 heavy (non-hydrogen) atoms. The number of nitrogens with one attached hydrogen (secondary N) is 1. The van der Waals surface area contributed by atoms with Crippen LogP contribution in [0.3, 0.4) is 0 Å². The lowest BCUT2D eigenvalue weighted by Crippen LogP contribution is -2.33. The van der Waals surface area contributed by atoms with Crippen LogP contribution >= 0.6 is 11.3 Å². The minimum atomic E-state index is -0.216. The van der Waals surface area contributed by atoms with Crippen LogP contribution in [0, 0.1) is 18.3 Å². The molecule has 0 saturated carbocycles. The van der Waals surface area contributed by atoms with Crippen LogP contribution in [0.5, 0.6) is 0 Å². The molecule has 3 rings (SSSR count). The van der Waals surface area contributed by atoms with Crippen molar-refractivity contribution in [1.29, 1.82) is 5.26 Å². The summed E-state index contributed by atoms with van der Waals surface area (Å²) in [6.07, 6.45) is 0.647. The average molecular weight is 339 g/mol. The highest BCUT2D eigenvalue weighted by atomic mass is 32.1. The number of benzene rings is 1. The van der Waals surface area contributed by atoms with Crippen molar-refractivity contribution < 1.29 is 9.59 Å². The summed E-state index contributed by atoms with van der Waals surface area (Å²) < 4.78 is 0. The van der Waals surface area contributed by atoms with Crippen LogP contribution in [0.15, 0.2) is 24.3 Å². The SMILES string of the molecule is CC(=O)N1CCc2c(sc(NC(=O)c3ccccc3C)c2C#N)C1. The predicted octanol–water partition coefficient (Wildman–Crippen LogP) is 3.09. The highest BCUT2D eigenvalue weighted by Gasteiger charge is 2.26. The number of nitrogens with zero attached hydrogens (tertiary/aromatic N) is 2. The second-order valence-corrected chi connectivity index (χ2v) is 6.88. The first-order chi connectivity index (χ1) is 11.5. The minimum absolute atomic E-state index is 0.0260. The number of aryl methyl sites for hydroxylation is 1. The second-order valence-electron chi connectivity index (χ2n) is 5.78. The Kier molecular flexibility index (Phi) is 4.36. The summed E-state index contributed by atoms with van der Waals surface area (Å²) in [6, 6.07) is 9.56. The van der Waals surface area contributed by atoms with Gasteiger partial charge >= 0.3 is 0 Å². The molecule has 2 aromatic rings. The quantitative estimate of drug-likeness (QED) is 0.914. The molecule has 122 valence electrons. The Hall–Kier alpha value is -2.65. The molecule has 0 spiro atoms. The molecular weight excluding hydrogens is 322 g/mol. The fraction of sp³-hybridized carbons (Fsp3) is 0.278. The molecule has 2 heterocycles. The van der Waals surface area contributed by atoms with Gasteiger partial charge in [-0.2, -0.15) is 5.26 Å². The van der Waals surface area contributed by atoms with Crippen molar-refractivity contribution >= 4 is 28.2 Å². The first-order valence-corrected chi connectivity index (χ1v) is 8.50. The van der Waals surface area contributed by atoms with Gasteiger partial charge in [0.2, 0.25) is 5.91 Å². The number of hydrogen-bond donors (Lipinski definition) is 1. The monoisotopic (exact) mass is 339 g/mol. The van der Waals surface area contributed by atoms with Crippen LogP contribution in [0.4, 0.5) is 5.00 Å². The van der Waals surface area contributed by atoms with Crippen molar-refractivity contribution in [2.45, 2.75) is 26.8 Å². The predicted molar refractivity (Wildman–Crippen MR) is 93.0 cm³/mol. The van der Waals surface area contributed by atoms with Crippen molar-refractivity contribution in [3.63, 3.8) is 0 Å². The largest absolute Gasteiger partial charge is 0.337 e. The van der Waals surface area contributed by atoms with E-state index in [1.807, 2.05) is 25.1 Å².